The van der Waals surface area contributed by atoms with Gasteiger partial charge in [0.15, 0.2) is 23.0 Å². The summed E-state index contributed by atoms with van der Waals surface area (Å²) >= 11 is 0. The summed E-state index contributed by atoms with van der Waals surface area (Å²) in [6, 6.07) is 7.41. The Morgan fingerprint density at radius 2 is 1.64 bits per heavy atom. The number of nitrogens with one attached hydrogen (secondary N) is 1. The second-order valence-corrected chi connectivity index (χ2v) is 6.68. The van der Waals surface area contributed by atoms with Crippen molar-refractivity contribution in [2.75, 3.05) is 35.0 Å². The molecule has 0 saturated carbocycles. The zero-order valence-electron chi connectivity index (χ0n) is 16.3. The molecule has 0 unspecified atom stereocenters. The van der Waals surface area contributed by atoms with Crippen molar-refractivity contribution in [2.45, 2.75) is 18.6 Å². The van der Waals surface area contributed by atoms with Crippen molar-refractivity contribution < 1.29 is 28.5 Å². The molecular weight excluding hydrogens is 362 g/mol. The standard InChI is InChI=1S/C21H23NO6/c1-24-14-6-5-12-17(20(14)27-4)21(23)28-19(12)18-13-10-16(26-3)15(25-2)9-11(13)7-8-22-18/h5-6,9-10,18-19,22H,7-8H2,1-4H3/t18-,19+/m0/s1. The third kappa shape index (κ3) is 2.74. The maximum atomic E-state index is 12.7. The molecule has 2 heterocycles. The average Bonchev–Trinajstić information content (AvgIpc) is 3.07. The second-order valence-electron chi connectivity index (χ2n) is 6.68. The molecule has 7 heteroatoms. The fourth-order valence-electron chi connectivity index (χ4n) is 4.06. The molecular formula is C21H23NO6. The minimum Gasteiger partial charge on any atom is -0.493 e. The average molecular weight is 385 g/mol. The van der Waals surface area contributed by atoms with Crippen LogP contribution < -0.4 is 24.3 Å². The monoisotopic (exact) mass is 385 g/mol. The first kappa shape index (κ1) is 18.4. The minimum absolute atomic E-state index is 0.202. The van der Waals surface area contributed by atoms with Crippen LogP contribution in [0, 0.1) is 0 Å². The SMILES string of the molecule is COc1cc2c(cc1OC)[C@@H]([C@@H]1OC(=O)c3c1ccc(OC)c3OC)NCC2. The largest absolute Gasteiger partial charge is 0.493 e. The van der Waals surface area contributed by atoms with Crippen LogP contribution in [0.5, 0.6) is 23.0 Å². The van der Waals surface area contributed by atoms with Crippen LogP contribution in [0.3, 0.4) is 0 Å². The molecule has 0 aromatic heterocycles. The summed E-state index contributed by atoms with van der Waals surface area (Å²) in [4.78, 5) is 12.7. The van der Waals surface area contributed by atoms with Crippen molar-refractivity contribution >= 4 is 5.97 Å². The Morgan fingerprint density at radius 1 is 0.929 bits per heavy atom. The maximum Gasteiger partial charge on any atom is 0.343 e. The fraction of sp³-hybridized carbons (Fsp3) is 0.381. The lowest BCUT2D eigenvalue weighted by Gasteiger charge is -2.31. The van der Waals surface area contributed by atoms with E-state index in [9.17, 15) is 4.79 Å². The highest BCUT2D eigenvalue weighted by molar-refractivity contribution is 5.98. The van der Waals surface area contributed by atoms with Gasteiger partial charge in [-0.25, -0.2) is 4.79 Å². The van der Waals surface area contributed by atoms with Crippen LogP contribution in [0.2, 0.25) is 0 Å². The minimum atomic E-state index is -0.473. The molecule has 0 bridgehead atoms. The summed E-state index contributed by atoms with van der Waals surface area (Å²) in [5.41, 5.74) is 3.37. The summed E-state index contributed by atoms with van der Waals surface area (Å²) < 4.78 is 27.5. The van der Waals surface area contributed by atoms with Crippen LogP contribution in [0.25, 0.3) is 0 Å². The van der Waals surface area contributed by atoms with E-state index in [1.54, 1.807) is 27.4 Å². The van der Waals surface area contributed by atoms with Gasteiger partial charge in [-0.1, -0.05) is 6.07 Å². The molecule has 4 rings (SSSR count). The first-order valence-electron chi connectivity index (χ1n) is 9.07. The molecule has 0 aliphatic carbocycles. The number of benzene rings is 2. The molecule has 0 spiro atoms. The highest BCUT2D eigenvalue weighted by atomic mass is 16.6. The number of rotatable bonds is 5. The van der Waals surface area contributed by atoms with E-state index in [0.29, 0.717) is 28.6 Å². The lowest BCUT2D eigenvalue weighted by atomic mass is 9.87. The Morgan fingerprint density at radius 3 is 2.32 bits per heavy atom. The van der Waals surface area contributed by atoms with Gasteiger partial charge in [-0.2, -0.15) is 0 Å². The molecule has 7 nitrogen and oxygen atoms in total. The number of cyclic esters (lactones) is 1. The van der Waals surface area contributed by atoms with Crippen molar-refractivity contribution in [1.29, 1.82) is 0 Å². The Balaban J connectivity index is 1.81. The molecule has 1 N–H and O–H groups in total. The highest BCUT2D eigenvalue weighted by Gasteiger charge is 2.42. The summed E-state index contributed by atoms with van der Waals surface area (Å²) in [6.07, 6.45) is 0.380. The van der Waals surface area contributed by atoms with E-state index in [1.807, 2.05) is 18.2 Å². The lowest BCUT2D eigenvalue weighted by Crippen LogP contribution is -2.34. The van der Waals surface area contributed by atoms with Crippen molar-refractivity contribution in [1.82, 2.24) is 5.32 Å². The second kappa shape index (κ2) is 7.24. The maximum absolute atomic E-state index is 12.7. The van der Waals surface area contributed by atoms with E-state index >= 15 is 0 Å². The van der Waals surface area contributed by atoms with Crippen LogP contribution in [0.1, 0.15) is 39.2 Å². The number of ether oxygens (including phenoxy) is 5. The van der Waals surface area contributed by atoms with Gasteiger partial charge in [0.2, 0.25) is 0 Å². The zero-order chi connectivity index (χ0) is 19.8. The van der Waals surface area contributed by atoms with Gasteiger partial charge in [-0.15, -0.1) is 0 Å². The smallest absolute Gasteiger partial charge is 0.343 e. The van der Waals surface area contributed by atoms with Crippen molar-refractivity contribution in [3.63, 3.8) is 0 Å². The van der Waals surface area contributed by atoms with E-state index < -0.39 is 12.1 Å². The van der Waals surface area contributed by atoms with Crippen LogP contribution in [-0.2, 0) is 11.2 Å². The van der Waals surface area contributed by atoms with E-state index in [1.165, 1.54) is 7.11 Å². The molecule has 0 fully saturated rings. The summed E-state index contributed by atoms with van der Waals surface area (Å²) in [6.45, 7) is 0.768. The normalized spacial score (nSPS) is 20.1. The predicted molar refractivity (Wildman–Crippen MR) is 102 cm³/mol. The van der Waals surface area contributed by atoms with Crippen molar-refractivity contribution in [3.05, 3.63) is 46.5 Å². The first-order chi connectivity index (χ1) is 13.6. The van der Waals surface area contributed by atoms with E-state index in [4.69, 9.17) is 23.7 Å². The van der Waals surface area contributed by atoms with Crippen LogP contribution in [0.4, 0.5) is 0 Å². The molecule has 2 atom stereocenters. The third-order valence-corrected chi connectivity index (χ3v) is 5.36. The quantitative estimate of drug-likeness (QED) is 0.793. The number of methoxy groups -OCH3 is 4. The van der Waals surface area contributed by atoms with Gasteiger partial charge in [0.1, 0.15) is 11.7 Å². The van der Waals surface area contributed by atoms with Gasteiger partial charge in [-0.3, -0.25) is 0 Å². The molecule has 28 heavy (non-hydrogen) atoms. The molecule has 2 aliphatic rings. The summed E-state index contributed by atoms with van der Waals surface area (Å²) in [5.74, 6) is 1.83. The topological polar surface area (TPSA) is 75.3 Å². The van der Waals surface area contributed by atoms with E-state index in [2.05, 4.69) is 5.32 Å². The third-order valence-electron chi connectivity index (χ3n) is 5.36. The molecule has 0 radical (unpaired) electrons. The molecule has 2 aromatic carbocycles. The number of hydrogen-bond acceptors (Lipinski definition) is 7. The Kier molecular flexibility index (Phi) is 4.77. The number of carbonyl (C=O) groups is 1. The molecule has 148 valence electrons. The van der Waals surface area contributed by atoms with Gasteiger partial charge in [0.25, 0.3) is 0 Å². The molecule has 2 aliphatic heterocycles. The fourth-order valence-corrected chi connectivity index (χ4v) is 4.06. The van der Waals surface area contributed by atoms with Crippen LogP contribution in [-0.4, -0.2) is 41.0 Å². The molecule has 2 aromatic rings. The first-order valence-corrected chi connectivity index (χ1v) is 9.07. The number of fused-ring (bicyclic) bond motifs is 2. The number of hydrogen-bond donors (Lipinski definition) is 1. The van der Waals surface area contributed by atoms with E-state index in [-0.39, 0.29) is 6.04 Å². The lowest BCUT2D eigenvalue weighted by molar-refractivity contribution is 0.0284. The van der Waals surface area contributed by atoms with Crippen molar-refractivity contribution in [2.24, 2.45) is 0 Å². The molecule has 0 amide bonds. The Hall–Kier alpha value is -2.93. The van der Waals surface area contributed by atoms with E-state index in [0.717, 1.165) is 29.7 Å². The predicted octanol–water partition coefficient (Wildman–Crippen LogP) is 2.82. The zero-order valence-corrected chi connectivity index (χ0v) is 16.3. The number of carbonyl (C=O) groups excluding carboxylic acids is 1. The Bertz CT molecular complexity index is 926. The summed E-state index contributed by atoms with van der Waals surface area (Å²) in [5, 5.41) is 3.49. The van der Waals surface area contributed by atoms with Gasteiger partial charge < -0.3 is 29.0 Å². The van der Waals surface area contributed by atoms with Gasteiger partial charge in [0.05, 0.1) is 34.5 Å². The van der Waals surface area contributed by atoms with Crippen LogP contribution >= 0.6 is 0 Å². The van der Waals surface area contributed by atoms with Gasteiger partial charge in [-0.05, 0) is 42.3 Å². The van der Waals surface area contributed by atoms with Gasteiger partial charge in [0, 0.05) is 5.56 Å². The summed E-state index contributed by atoms with van der Waals surface area (Å²) in [7, 11) is 6.29. The molecule has 0 saturated heterocycles. The van der Waals surface area contributed by atoms with Crippen LogP contribution in [0.15, 0.2) is 24.3 Å². The highest BCUT2D eigenvalue weighted by Crippen LogP contribution is 2.48. The van der Waals surface area contributed by atoms with Gasteiger partial charge >= 0.3 is 5.97 Å². The van der Waals surface area contributed by atoms with Crippen molar-refractivity contribution in [3.8, 4) is 23.0 Å². The Labute approximate surface area is 163 Å². The number of esters is 1.